The Balaban J connectivity index is 2.14. The second-order valence-corrected chi connectivity index (χ2v) is 6.36. The Morgan fingerprint density at radius 3 is 2.65 bits per heavy atom. The fourth-order valence-corrected chi connectivity index (χ4v) is 2.66. The maximum absolute atomic E-state index is 13.4. The van der Waals surface area contributed by atoms with Crippen LogP contribution in [0.4, 0.5) is 4.39 Å². The number of primary sulfonamides is 1. The second-order valence-electron chi connectivity index (χ2n) is 4.83. The number of aryl methyl sites for hydroxylation is 1. The molecule has 7 nitrogen and oxygen atoms in total. The Labute approximate surface area is 132 Å². The molecule has 0 bridgehead atoms. The van der Waals surface area contributed by atoms with E-state index in [9.17, 15) is 17.6 Å². The zero-order valence-corrected chi connectivity index (χ0v) is 13.0. The van der Waals surface area contributed by atoms with Crippen LogP contribution in [0.2, 0.25) is 0 Å². The Morgan fingerprint density at radius 1 is 1.39 bits per heavy atom. The monoisotopic (exact) mass is 342 g/mol. The molecule has 1 aromatic heterocycles. The summed E-state index contributed by atoms with van der Waals surface area (Å²) in [5, 5.41) is 16.4. The Kier molecular flexibility index (Phi) is 4.83. The number of sulfonamides is 1. The molecule has 2 aromatic rings. The number of aliphatic hydroxyl groups excluding tert-OH is 1. The lowest BCUT2D eigenvalue weighted by Crippen LogP contribution is -2.23. The number of nitrogens with one attached hydrogen (secondary N) is 1. The molecule has 1 heterocycles. The molecule has 0 aliphatic carbocycles. The van der Waals surface area contributed by atoms with Crippen molar-refractivity contribution >= 4 is 15.9 Å². The molecule has 0 aliphatic rings. The van der Waals surface area contributed by atoms with E-state index < -0.39 is 26.6 Å². The van der Waals surface area contributed by atoms with Crippen molar-refractivity contribution in [3.05, 3.63) is 52.7 Å². The van der Waals surface area contributed by atoms with Crippen LogP contribution < -0.4 is 10.5 Å². The smallest absolute Gasteiger partial charge is 0.255 e. The largest absolute Gasteiger partial charge is 0.463 e. The first-order chi connectivity index (χ1) is 10.7. The van der Waals surface area contributed by atoms with Gasteiger partial charge in [0, 0.05) is 6.54 Å². The third-order valence-corrected chi connectivity index (χ3v) is 4.05. The summed E-state index contributed by atoms with van der Waals surface area (Å²) >= 11 is 0. The van der Waals surface area contributed by atoms with Gasteiger partial charge in [0.1, 0.15) is 28.8 Å². The van der Waals surface area contributed by atoms with Crippen molar-refractivity contribution in [1.29, 1.82) is 0 Å². The predicted molar refractivity (Wildman–Crippen MR) is 78.3 cm³/mol. The maximum atomic E-state index is 13.4. The van der Waals surface area contributed by atoms with Gasteiger partial charge < -0.3 is 14.8 Å². The zero-order chi connectivity index (χ0) is 17.2. The first-order valence-electron chi connectivity index (χ1n) is 6.52. The van der Waals surface area contributed by atoms with Gasteiger partial charge in [0.15, 0.2) is 0 Å². The van der Waals surface area contributed by atoms with Gasteiger partial charge in [-0.3, -0.25) is 4.79 Å². The lowest BCUT2D eigenvalue weighted by Gasteiger charge is -2.07. The van der Waals surface area contributed by atoms with E-state index in [2.05, 4.69) is 5.32 Å². The van der Waals surface area contributed by atoms with Crippen LogP contribution in [-0.4, -0.2) is 19.4 Å². The highest BCUT2D eigenvalue weighted by atomic mass is 32.2. The highest BCUT2D eigenvalue weighted by Crippen LogP contribution is 2.16. The van der Waals surface area contributed by atoms with Crippen molar-refractivity contribution in [2.75, 3.05) is 0 Å². The van der Waals surface area contributed by atoms with Crippen molar-refractivity contribution in [2.45, 2.75) is 25.0 Å². The summed E-state index contributed by atoms with van der Waals surface area (Å²) < 4.78 is 41.1. The van der Waals surface area contributed by atoms with Crippen molar-refractivity contribution in [1.82, 2.24) is 5.32 Å². The van der Waals surface area contributed by atoms with E-state index in [0.29, 0.717) is 11.3 Å². The molecule has 0 fully saturated rings. The molecule has 23 heavy (non-hydrogen) atoms. The van der Waals surface area contributed by atoms with Gasteiger partial charge in [-0.1, -0.05) is 6.07 Å². The summed E-state index contributed by atoms with van der Waals surface area (Å²) in [6.07, 6.45) is 0. The highest BCUT2D eigenvalue weighted by molar-refractivity contribution is 7.89. The van der Waals surface area contributed by atoms with Gasteiger partial charge in [-0.2, -0.15) is 0 Å². The topological polar surface area (TPSA) is 123 Å². The number of amides is 1. The molecule has 0 aliphatic heterocycles. The molecular weight excluding hydrogens is 327 g/mol. The summed E-state index contributed by atoms with van der Waals surface area (Å²) in [5.41, 5.74) is 0.620. The number of carbonyl (C=O) groups excluding carboxylic acids is 1. The minimum absolute atomic E-state index is 0.0271. The van der Waals surface area contributed by atoms with Gasteiger partial charge in [0.05, 0.1) is 5.56 Å². The van der Waals surface area contributed by atoms with Crippen molar-refractivity contribution in [2.24, 2.45) is 5.14 Å². The van der Waals surface area contributed by atoms with Crippen LogP contribution in [0, 0.1) is 12.7 Å². The van der Waals surface area contributed by atoms with Crippen LogP contribution >= 0.6 is 0 Å². The average molecular weight is 342 g/mol. The van der Waals surface area contributed by atoms with Gasteiger partial charge in [0.25, 0.3) is 5.91 Å². The number of rotatable bonds is 5. The summed E-state index contributed by atoms with van der Waals surface area (Å²) in [6.45, 7) is 1.22. The minimum Gasteiger partial charge on any atom is -0.463 e. The fourth-order valence-electron chi connectivity index (χ4n) is 2.00. The molecule has 2 rings (SSSR count). The third-order valence-electron chi connectivity index (χ3n) is 3.12. The second kappa shape index (κ2) is 6.49. The van der Waals surface area contributed by atoms with Gasteiger partial charge in [-0.25, -0.2) is 17.9 Å². The Bertz CT molecular complexity index is 845. The van der Waals surface area contributed by atoms with Gasteiger partial charge in [-0.05, 0) is 30.7 Å². The Morgan fingerprint density at radius 2 is 2.09 bits per heavy atom. The predicted octanol–water partition coefficient (Wildman–Crippen LogP) is 0.797. The van der Waals surface area contributed by atoms with Crippen LogP contribution in [0.3, 0.4) is 0 Å². The first kappa shape index (κ1) is 17.1. The van der Waals surface area contributed by atoms with Crippen LogP contribution in [0.15, 0.2) is 33.6 Å². The lowest BCUT2D eigenvalue weighted by molar-refractivity contribution is 0.0949. The van der Waals surface area contributed by atoms with Crippen LogP contribution in [0.5, 0.6) is 0 Å². The summed E-state index contributed by atoms with van der Waals surface area (Å²) in [4.78, 5) is 11.4. The number of hydrogen-bond acceptors (Lipinski definition) is 5. The van der Waals surface area contributed by atoms with Crippen LogP contribution in [0.1, 0.15) is 27.4 Å². The molecule has 0 spiro atoms. The summed E-state index contributed by atoms with van der Waals surface area (Å²) in [6, 6.07) is 4.78. The number of hydrogen-bond donors (Lipinski definition) is 3. The SMILES string of the molecule is Cc1oc(CO)cc1C(=O)NCc1ccc(F)c(S(N)(=O)=O)c1. The van der Waals surface area contributed by atoms with E-state index >= 15 is 0 Å². The number of halogens is 1. The standard InChI is InChI=1S/C14H15FN2O5S/c1-8-11(5-10(7-18)22-8)14(19)17-6-9-2-3-12(15)13(4-9)23(16,20)21/h2-5,18H,6-7H2,1H3,(H,17,19)(H2,16,20,21). The summed E-state index contributed by atoms with van der Waals surface area (Å²) in [7, 11) is -4.18. The normalized spacial score (nSPS) is 11.5. The zero-order valence-electron chi connectivity index (χ0n) is 12.2. The van der Waals surface area contributed by atoms with E-state index in [0.717, 1.165) is 12.1 Å². The highest BCUT2D eigenvalue weighted by Gasteiger charge is 2.17. The number of carbonyl (C=O) groups is 1. The summed E-state index contributed by atoms with van der Waals surface area (Å²) in [5.74, 6) is -0.824. The van der Waals surface area contributed by atoms with E-state index in [4.69, 9.17) is 14.7 Å². The molecule has 0 atom stereocenters. The lowest BCUT2D eigenvalue weighted by atomic mass is 10.2. The minimum atomic E-state index is -4.18. The van der Waals surface area contributed by atoms with Gasteiger partial charge in [0.2, 0.25) is 10.0 Å². The first-order valence-corrected chi connectivity index (χ1v) is 8.06. The Hall–Kier alpha value is -2.23. The van der Waals surface area contributed by atoms with E-state index in [1.54, 1.807) is 6.92 Å². The molecule has 1 amide bonds. The number of aliphatic hydroxyl groups is 1. The number of benzene rings is 1. The molecular formula is C14H15FN2O5S. The molecule has 124 valence electrons. The van der Waals surface area contributed by atoms with Crippen molar-refractivity contribution < 1.29 is 27.1 Å². The number of nitrogens with two attached hydrogens (primary N) is 1. The van der Waals surface area contributed by atoms with Crippen molar-refractivity contribution in [3.8, 4) is 0 Å². The molecule has 0 saturated heterocycles. The molecule has 9 heteroatoms. The van der Waals surface area contributed by atoms with Crippen LogP contribution in [0.25, 0.3) is 0 Å². The van der Waals surface area contributed by atoms with Crippen LogP contribution in [-0.2, 0) is 23.2 Å². The van der Waals surface area contributed by atoms with Gasteiger partial charge in [-0.15, -0.1) is 0 Å². The van der Waals surface area contributed by atoms with E-state index in [1.165, 1.54) is 12.1 Å². The molecule has 1 aromatic carbocycles. The third kappa shape index (κ3) is 3.95. The molecule has 4 N–H and O–H groups in total. The fraction of sp³-hybridized carbons (Fsp3) is 0.214. The van der Waals surface area contributed by atoms with E-state index in [1.807, 2.05) is 0 Å². The number of furan rings is 1. The molecule has 0 saturated carbocycles. The van der Waals surface area contributed by atoms with E-state index in [-0.39, 0.29) is 24.5 Å². The average Bonchev–Trinajstić information content (AvgIpc) is 2.86. The quantitative estimate of drug-likeness (QED) is 0.741. The maximum Gasteiger partial charge on any atom is 0.255 e. The van der Waals surface area contributed by atoms with Crippen molar-refractivity contribution in [3.63, 3.8) is 0 Å². The van der Waals surface area contributed by atoms with Gasteiger partial charge >= 0.3 is 0 Å². The molecule has 0 radical (unpaired) electrons. The molecule has 0 unspecified atom stereocenters.